The lowest BCUT2D eigenvalue weighted by Gasteiger charge is -2.24. The normalized spacial score (nSPS) is 22.3. The molecule has 0 fully saturated rings. The largest absolute Gasteiger partial charge is 0.391 e. The van der Waals surface area contributed by atoms with Crippen LogP contribution in [-0.4, -0.2) is 15.8 Å². The Morgan fingerprint density at radius 1 is 1.53 bits per heavy atom. The Morgan fingerprint density at radius 3 is 2.88 bits per heavy atom. The Balaban J connectivity index is 2.22. The number of aromatic nitrogens is 1. The Kier molecular flexibility index (Phi) is 3.21. The number of aliphatic hydroxyl groups is 1. The molecule has 0 aromatic carbocycles. The minimum Gasteiger partial charge on any atom is -0.388 e. The predicted octanol–water partition coefficient (Wildman–Crippen LogP) is 3.37. The van der Waals surface area contributed by atoms with Crippen molar-refractivity contribution in [2.75, 3.05) is 0 Å². The zero-order valence-corrected chi connectivity index (χ0v) is 9.67. The summed E-state index contributed by atoms with van der Waals surface area (Å²) in [4.78, 5) is 0. The van der Waals surface area contributed by atoms with Crippen LogP contribution in [0, 0.1) is 0 Å². The van der Waals surface area contributed by atoms with Crippen molar-refractivity contribution in [3.05, 3.63) is 23.5 Å². The molecule has 0 saturated carbocycles. The summed E-state index contributed by atoms with van der Waals surface area (Å²) in [5, 5.41) is 9.75. The van der Waals surface area contributed by atoms with Crippen LogP contribution in [0.25, 0.3) is 0 Å². The number of nitrogens with zero attached hydrogens (tertiary/aromatic N) is 1. The number of halogens is 3. The summed E-state index contributed by atoms with van der Waals surface area (Å²) >= 11 is 0. The third-order valence-electron chi connectivity index (χ3n) is 3.31. The van der Waals surface area contributed by atoms with E-state index in [0.29, 0.717) is 6.42 Å². The van der Waals surface area contributed by atoms with E-state index in [1.54, 1.807) is 23.8 Å². The van der Waals surface area contributed by atoms with E-state index in [1.165, 1.54) is 0 Å². The lowest BCUT2D eigenvalue weighted by atomic mass is 9.95. The molecule has 96 valence electrons. The molecule has 0 bridgehead atoms. The van der Waals surface area contributed by atoms with Crippen molar-refractivity contribution in [3.63, 3.8) is 0 Å². The van der Waals surface area contributed by atoms with Gasteiger partial charge >= 0.3 is 6.18 Å². The highest BCUT2D eigenvalue weighted by molar-refractivity contribution is 5.27. The average Bonchev–Trinajstić information content (AvgIpc) is 2.60. The summed E-state index contributed by atoms with van der Waals surface area (Å²) in [5.41, 5.74) is 1.66. The lowest BCUT2D eigenvalue weighted by molar-refractivity contribution is -0.141. The summed E-state index contributed by atoms with van der Waals surface area (Å²) in [5.74, 6) is 0. The summed E-state index contributed by atoms with van der Waals surface area (Å²) in [6, 6.07) is 1.13. The number of rotatable bonds is 2. The number of aliphatic hydroxyl groups excluding tert-OH is 1. The minimum atomic E-state index is -4.15. The van der Waals surface area contributed by atoms with E-state index in [0.717, 1.165) is 24.1 Å². The molecule has 1 aliphatic rings. The molecule has 5 heteroatoms. The molecule has 1 N–H and O–H groups in total. The van der Waals surface area contributed by atoms with Crippen molar-refractivity contribution in [2.45, 2.75) is 50.9 Å². The van der Waals surface area contributed by atoms with Crippen LogP contribution < -0.4 is 0 Å². The van der Waals surface area contributed by atoms with Gasteiger partial charge in [-0.05, 0) is 32.3 Å². The maximum Gasteiger partial charge on any atom is 0.391 e. The van der Waals surface area contributed by atoms with Crippen LogP contribution in [0.3, 0.4) is 0 Å². The van der Waals surface area contributed by atoms with E-state index >= 15 is 0 Å². The highest BCUT2D eigenvalue weighted by Gasteiger charge is 2.32. The van der Waals surface area contributed by atoms with E-state index < -0.39 is 24.7 Å². The van der Waals surface area contributed by atoms with Crippen molar-refractivity contribution in [2.24, 2.45) is 0 Å². The fourth-order valence-corrected chi connectivity index (χ4v) is 2.54. The van der Waals surface area contributed by atoms with Gasteiger partial charge in [0.1, 0.15) is 0 Å². The Hall–Kier alpha value is -0.970. The van der Waals surface area contributed by atoms with Crippen molar-refractivity contribution < 1.29 is 18.3 Å². The van der Waals surface area contributed by atoms with E-state index in [4.69, 9.17) is 0 Å². The first kappa shape index (κ1) is 12.5. The monoisotopic (exact) mass is 247 g/mol. The summed E-state index contributed by atoms with van der Waals surface area (Å²) in [7, 11) is 0. The quantitative estimate of drug-likeness (QED) is 0.851. The molecule has 0 spiro atoms. The van der Waals surface area contributed by atoms with Crippen molar-refractivity contribution in [3.8, 4) is 0 Å². The zero-order valence-electron chi connectivity index (χ0n) is 9.67. The molecule has 0 saturated heterocycles. The summed E-state index contributed by atoms with van der Waals surface area (Å²) < 4.78 is 38.7. The second kappa shape index (κ2) is 4.37. The van der Waals surface area contributed by atoms with E-state index in [9.17, 15) is 18.3 Å². The molecular weight excluding hydrogens is 231 g/mol. The van der Waals surface area contributed by atoms with Gasteiger partial charge < -0.3 is 9.67 Å². The number of fused-ring (bicyclic) bond motifs is 1. The molecule has 1 aromatic heterocycles. The van der Waals surface area contributed by atoms with Crippen LogP contribution in [0.15, 0.2) is 12.3 Å². The van der Waals surface area contributed by atoms with E-state index in [-0.39, 0.29) is 0 Å². The highest BCUT2D eigenvalue weighted by Crippen LogP contribution is 2.34. The van der Waals surface area contributed by atoms with Crippen LogP contribution in [0.5, 0.6) is 0 Å². The molecule has 0 radical (unpaired) electrons. The minimum absolute atomic E-state index is 0.516. The number of hydrogen-bond acceptors (Lipinski definition) is 1. The van der Waals surface area contributed by atoms with Gasteiger partial charge in [-0.2, -0.15) is 13.2 Å². The van der Waals surface area contributed by atoms with Crippen LogP contribution in [-0.2, 0) is 6.42 Å². The third-order valence-corrected chi connectivity index (χ3v) is 3.31. The van der Waals surface area contributed by atoms with Crippen LogP contribution >= 0.6 is 0 Å². The van der Waals surface area contributed by atoms with Crippen molar-refractivity contribution in [1.82, 2.24) is 4.57 Å². The predicted molar refractivity (Wildman–Crippen MR) is 57.7 cm³/mol. The Bertz CT molecular complexity index is 397. The second-order valence-corrected chi connectivity index (χ2v) is 4.70. The maximum absolute atomic E-state index is 12.3. The Morgan fingerprint density at radius 2 is 2.24 bits per heavy atom. The fraction of sp³-hybridized carbons (Fsp3) is 0.667. The molecule has 2 rings (SSSR count). The first-order valence-corrected chi connectivity index (χ1v) is 5.83. The van der Waals surface area contributed by atoms with Gasteiger partial charge in [0.15, 0.2) is 0 Å². The smallest absolute Gasteiger partial charge is 0.388 e. The SMILES string of the molecule is CC(CC(F)(F)F)n1ccc2c1CCCC2O. The van der Waals surface area contributed by atoms with E-state index in [1.807, 2.05) is 0 Å². The van der Waals surface area contributed by atoms with Gasteiger partial charge in [0.25, 0.3) is 0 Å². The topological polar surface area (TPSA) is 25.2 Å². The van der Waals surface area contributed by atoms with Crippen LogP contribution in [0.1, 0.15) is 49.6 Å². The van der Waals surface area contributed by atoms with Gasteiger partial charge in [-0.15, -0.1) is 0 Å². The van der Waals surface area contributed by atoms with Crippen molar-refractivity contribution >= 4 is 0 Å². The summed E-state index contributed by atoms with van der Waals surface area (Å²) in [6.07, 6.45) is -1.55. The standard InChI is InChI=1S/C12H16F3NO/c1-8(7-12(13,14)15)16-6-5-9-10(16)3-2-4-11(9)17/h5-6,8,11,17H,2-4,7H2,1H3. The summed E-state index contributed by atoms with van der Waals surface area (Å²) in [6.45, 7) is 1.56. The van der Waals surface area contributed by atoms with Gasteiger partial charge in [0, 0.05) is 23.5 Å². The molecule has 2 unspecified atom stereocenters. The first-order chi connectivity index (χ1) is 7.88. The number of alkyl halides is 3. The zero-order chi connectivity index (χ0) is 12.6. The van der Waals surface area contributed by atoms with Gasteiger partial charge in [-0.25, -0.2) is 0 Å². The third kappa shape index (κ3) is 2.65. The Labute approximate surface area is 98.1 Å². The van der Waals surface area contributed by atoms with Crippen LogP contribution in [0.4, 0.5) is 13.2 Å². The molecular formula is C12H16F3NO. The second-order valence-electron chi connectivity index (χ2n) is 4.70. The molecule has 2 nitrogen and oxygen atoms in total. The van der Waals surface area contributed by atoms with Crippen molar-refractivity contribution in [1.29, 1.82) is 0 Å². The molecule has 1 heterocycles. The van der Waals surface area contributed by atoms with E-state index in [2.05, 4.69) is 0 Å². The fourth-order valence-electron chi connectivity index (χ4n) is 2.54. The first-order valence-electron chi connectivity index (χ1n) is 5.83. The molecule has 1 aliphatic carbocycles. The molecule has 0 amide bonds. The van der Waals surface area contributed by atoms with Gasteiger partial charge in [0.05, 0.1) is 12.5 Å². The number of hydrogen-bond donors (Lipinski definition) is 1. The van der Waals surface area contributed by atoms with Crippen LogP contribution in [0.2, 0.25) is 0 Å². The molecule has 1 aromatic rings. The van der Waals surface area contributed by atoms with Gasteiger partial charge in [0.2, 0.25) is 0 Å². The average molecular weight is 247 g/mol. The van der Waals surface area contributed by atoms with Gasteiger partial charge in [-0.1, -0.05) is 0 Å². The molecule has 2 atom stereocenters. The molecule has 0 aliphatic heterocycles. The molecule has 17 heavy (non-hydrogen) atoms. The maximum atomic E-state index is 12.3. The van der Waals surface area contributed by atoms with Gasteiger partial charge in [-0.3, -0.25) is 0 Å². The lowest BCUT2D eigenvalue weighted by Crippen LogP contribution is -2.19. The highest BCUT2D eigenvalue weighted by atomic mass is 19.4.